The van der Waals surface area contributed by atoms with Crippen LogP contribution < -0.4 is 10.1 Å². The molecular weight excluding hydrogens is 226 g/mol. The molecule has 0 amide bonds. The Morgan fingerprint density at radius 1 is 1.28 bits per heavy atom. The number of aliphatic hydroxyl groups excluding tert-OH is 1. The Labute approximate surface area is 110 Å². The summed E-state index contributed by atoms with van der Waals surface area (Å²) in [6.45, 7) is 5.51. The van der Waals surface area contributed by atoms with Gasteiger partial charge in [0.25, 0.3) is 0 Å². The predicted molar refractivity (Wildman–Crippen MR) is 75.1 cm³/mol. The summed E-state index contributed by atoms with van der Waals surface area (Å²) in [5.41, 5.74) is 2.46. The molecule has 0 radical (unpaired) electrons. The van der Waals surface area contributed by atoms with Gasteiger partial charge in [-0.05, 0) is 45.7 Å². The van der Waals surface area contributed by atoms with Gasteiger partial charge in [0.2, 0.25) is 0 Å². The van der Waals surface area contributed by atoms with Crippen molar-refractivity contribution in [2.75, 3.05) is 20.3 Å². The maximum absolute atomic E-state index is 8.71. The number of aliphatic hydroxyl groups is 1. The van der Waals surface area contributed by atoms with Crippen molar-refractivity contribution in [3.05, 3.63) is 29.3 Å². The summed E-state index contributed by atoms with van der Waals surface area (Å²) in [5, 5.41) is 12.2. The monoisotopic (exact) mass is 251 g/mol. The van der Waals surface area contributed by atoms with Crippen LogP contribution in [0.3, 0.4) is 0 Å². The topological polar surface area (TPSA) is 41.5 Å². The standard InChI is InChI=1S/C15H25NO2/c1-12-7-8-15(18-3)14(11-12)13(2)16-9-5-4-6-10-17/h7-8,11,13,16-17H,4-6,9-10H2,1-3H3. The Morgan fingerprint density at radius 3 is 2.72 bits per heavy atom. The lowest BCUT2D eigenvalue weighted by Gasteiger charge is -2.18. The summed E-state index contributed by atoms with van der Waals surface area (Å²) in [7, 11) is 1.71. The van der Waals surface area contributed by atoms with Crippen LogP contribution in [0.15, 0.2) is 18.2 Å². The van der Waals surface area contributed by atoms with Crippen LogP contribution in [-0.2, 0) is 0 Å². The number of methoxy groups -OCH3 is 1. The van der Waals surface area contributed by atoms with E-state index >= 15 is 0 Å². The maximum atomic E-state index is 8.71. The number of hydrogen-bond donors (Lipinski definition) is 2. The number of benzene rings is 1. The minimum absolute atomic E-state index is 0.286. The Hall–Kier alpha value is -1.06. The van der Waals surface area contributed by atoms with Gasteiger partial charge >= 0.3 is 0 Å². The van der Waals surface area contributed by atoms with Crippen LogP contribution >= 0.6 is 0 Å². The molecule has 2 N–H and O–H groups in total. The smallest absolute Gasteiger partial charge is 0.123 e. The molecule has 102 valence electrons. The predicted octanol–water partition coefficient (Wildman–Crippen LogP) is 2.82. The molecule has 1 rings (SSSR count). The zero-order valence-electron chi connectivity index (χ0n) is 11.7. The van der Waals surface area contributed by atoms with Gasteiger partial charge in [-0.2, -0.15) is 0 Å². The average Bonchev–Trinajstić information content (AvgIpc) is 2.38. The van der Waals surface area contributed by atoms with Crippen LogP contribution in [0, 0.1) is 6.92 Å². The summed E-state index contributed by atoms with van der Waals surface area (Å²) in [4.78, 5) is 0. The first kappa shape index (κ1) is 15.0. The summed E-state index contributed by atoms with van der Waals surface area (Å²) in [6, 6.07) is 6.55. The van der Waals surface area contributed by atoms with Crippen LogP contribution in [0.4, 0.5) is 0 Å². The molecule has 1 aromatic rings. The van der Waals surface area contributed by atoms with E-state index < -0.39 is 0 Å². The molecule has 0 aromatic heterocycles. The number of aryl methyl sites for hydroxylation is 1. The van der Waals surface area contributed by atoms with E-state index in [1.807, 2.05) is 6.07 Å². The van der Waals surface area contributed by atoms with Gasteiger partial charge in [0.05, 0.1) is 7.11 Å². The minimum atomic E-state index is 0.286. The molecule has 0 aliphatic carbocycles. The lowest BCUT2D eigenvalue weighted by molar-refractivity contribution is 0.282. The largest absolute Gasteiger partial charge is 0.496 e. The Kier molecular flexibility index (Phi) is 6.76. The Morgan fingerprint density at radius 2 is 2.06 bits per heavy atom. The molecule has 3 heteroatoms. The molecular formula is C15H25NO2. The molecule has 0 saturated carbocycles. The van der Waals surface area contributed by atoms with E-state index in [1.165, 1.54) is 11.1 Å². The number of unbranched alkanes of at least 4 members (excludes halogenated alkanes) is 2. The van der Waals surface area contributed by atoms with Gasteiger partial charge in [0.1, 0.15) is 5.75 Å². The van der Waals surface area contributed by atoms with E-state index in [0.29, 0.717) is 6.61 Å². The van der Waals surface area contributed by atoms with E-state index in [0.717, 1.165) is 31.6 Å². The minimum Gasteiger partial charge on any atom is -0.496 e. The number of ether oxygens (including phenoxy) is 1. The van der Waals surface area contributed by atoms with Gasteiger partial charge in [-0.3, -0.25) is 0 Å². The molecule has 0 aliphatic heterocycles. The highest BCUT2D eigenvalue weighted by Crippen LogP contribution is 2.25. The molecule has 0 spiro atoms. The van der Waals surface area contributed by atoms with Crippen molar-refractivity contribution < 1.29 is 9.84 Å². The second kappa shape index (κ2) is 8.11. The molecule has 0 heterocycles. The molecule has 0 fully saturated rings. The SMILES string of the molecule is COc1ccc(C)cc1C(C)NCCCCCO. The highest BCUT2D eigenvalue weighted by Gasteiger charge is 2.10. The van der Waals surface area contributed by atoms with Gasteiger partial charge in [-0.1, -0.05) is 17.7 Å². The molecule has 1 aromatic carbocycles. The second-order valence-electron chi connectivity index (χ2n) is 4.71. The van der Waals surface area contributed by atoms with Gasteiger partial charge in [-0.15, -0.1) is 0 Å². The van der Waals surface area contributed by atoms with Gasteiger partial charge in [0, 0.05) is 18.2 Å². The molecule has 0 bridgehead atoms. The molecule has 0 aliphatic rings. The fourth-order valence-corrected chi connectivity index (χ4v) is 2.03. The molecule has 1 unspecified atom stereocenters. The van der Waals surface area contributed by atoms with E-state index in [2.05, 4.69) is 31.3 Å². The van der Waals surface area contributed by atoms with Crippen molar-refractivity contribution in [2.24, 2.45) is 0 Å². The quantitative estimate of drug-likeness (QED) is 0.698. The molecule has 0 saturated heterocycles. The van der Waals surface area contributed by atoms with Crippen LogP contribution in [0.5, 0.6) is 5.75 Å². The van der Waals surface area contributed by atoms with Gasteiger partial charge < -0.3 is 15.2 Å². The average molecular weight is 251 g/mol. The first-order chi connectivity index (χ1) is 8.69. The highest BCUT2D eigenvalue weighted by molar-refractivity contribution is 5.38. The number of rotatable bonds is 8. The lowest BCUT2D eigenvalue weighted by Crippen LogP contribution is -2.20. The van der Waals surface area contributed by atoms with E-state index in [-0.39, 0.29) is 6.04 Å². The number of nitrogens with one attached hydrogen (secondary N) is 1. The third kappa shape index (κ3) is 4.67. The van der Waals surface area contributed by atoms with Crippen molar-refractivity contribution in [2.45, 2.75) is 39.2 Å². The van der Waals surface area contributed by atoms with Gasteiger partial charge in [-0.25, -0.2) is 0 Å². The Balaban J connectivity index is 2.49. The molecule has 3 nitrogen and oxygen atoms in total. The van der Waals surface area contributed by atoms with Crippen LogP contribution in [0.2, 0.25) is 0 Å². The highest BCUT2D eigenvalue weighted by atomic mass is 16.5. The lowest BCUT2D eigenvalue weighted by atomic mass is 10.0. The third-order valence-electron chi connectivity index (χ3n) is 3.14. The van der Waals surface area contributed by atoms with Crippen LogP contribution in [-0.4, -0.2) is 25.4 Å². The molecule has 18 heavy (non-hydrogen) atoms. The van der Waals surface area contributed by atoms with Crippen LogP contribution in [0.1, 0.15) is 43.4 Å². The summed E-state index contributed by atoms with van der Waals surface area (Å²) in [5.74, 6) is 0.941. The molecule has 1 atom stereocenters. The zero-order chi connectivity index (χ0) is 13.4. The van der Waals surface area contributed by atoms with Crippen molar-refractivity contribution in [3.63, 3.8) is 0 Å². The van der Waals surface area contributed by atoms with Crippen molar-refractivity contribution in [1.82, 2.24) is 5.32 Å². The van der Waals surface area contributed by atoms with E-state index in [1.54, 1.807) is 7.11 Å². The van der Waals surface area contributed by atoms with Crippen LogP contribution in [0.25, 0.3) is 0 Å². The normalized spacial score (nSPS) is 12.4. The fourth-order valence-electron chi connectivity index (χ4n) is 2.03. The van der Waals surface area contributed by atoms with E-state index in [4.69, 9.17) is 9.84 Å². The summed E-state index contributed by atoms with van der Waals surface area (Å²) >= 11 is 0. The van der Waals surface area contributed by atoms with E-state index in [9.17, 15) is 0 Å². The van der Waals surface area contributed by atoms with Crippen molar-refractivity contribution >= 4 is 0 Å². The second-order valence-corrected chi connectivity index (χ2v) is 4.71. The van der Waals surface area contributed by atoms with Crippen molar-refractivity contribution in [1.29, 1.82) is 0 Å². The fraction of sp³-hybridized carbons (Fsp3) is 0.600. The summed E-state index contributed by atoms with van der Waals surface area (Å²) in [6.07, 6.45) is 3.06. The zero-order valence-corrected chi connectivity index (χ0v) is 11.7. The third-order valence-corrected chi connectivity index (χ3v) is 3.14. The first-order valence-electron chi connectivity index (χ1n) is 6.67. The first-order valence-corrected chi connectivity index (χ1v) is 6.67. The Bertz CT molecular complexity index is 352. The van der Waals surface area contributed by atoms with Gasteiger partial charge in [0.15, 0.2) is 0 Å². The van der Waals surface area contributed by atoms with Crippen molar-refractivity contribution in [3.8, 4) is 5.75 Å². The summed E-state index contributed by atoms with van der Waals surface area (Å²) < 4.78 is 5.39. The number of hydrogen-bond acceptors (Lipinski definition) is 3. The maximum Gasteiger partial charge on any atom is 0.123 e.